The third-order valence-electron chi connectivity index (χ3n) is 5.00. The maximum atomic E-state index is 11.3. The number of carbonyl (C=O) groups is 1. The Morgan fingerprint density at radius 2 is 1.79 bits per heavy atom. The number of nitro groups is 1. The van der Waals surface area contributed by atoms with Crippen LogP contribution in [0.15, 0.2) is 65.6 Å². The van der Waals surface area contributed by atoms with Crippen molar-refractivity contribution in [3.8, 4) is 0 Å². The Morgan fingerprint density at radius 1 is 1.07 bits per heavy atom. The molecule has 6 nitrogen and oxygen atoms in total. The number of rotatable bonds is 6. The molecule has 0 amide bonds. The Morgan fingerprint density at radius 3 is 2.45 bits per heavy atom. The molecule has 29 heavy (non-hydrogen) atoms. The van der Waals surface area contributed by atoms with E-state index in [1.807, 2.05) is 36.6 Å². The zero-order valence-corrected chi connectivity index (χ0v) is 16.5. The lowest BCUT2D eigenvalue weighted by molar-refractivity contribution is -0.384. The van der Waals surface area contributed by atoms with Gasteiger partial charge >= 0.3 is 5.97 Å². The van der Waals surface area contributed by atoms with Crippen molar-refractivity contribution in [1.82, 2.24) is 4.57 Å². The van der Waals surface area contributed by atoms with Crippen LogP contribution in [0.1, 0.15) is 11.1 Å². The van der Waals surface area contributed by atoms with Crippen LogP contribution in [-0.4, -0.2) is 26.8 Å². The van der Waals surface area contributed by atoms with E-state index in [2.05, 4.69) is 10.6 Å². The summed E-state index contributed by atoms with van der Waals surface area (Å²) in [4.78, 5) is 22.8. The zero-order chi connectivity index (χ0) is 20.5. The number of benzene rings is 3. The largest absolute Gasteiger partial charge is 0.481 e. The van der Waals surface area contributed by atoms with Gasteiger partial charge in [0.2, 0.25) is 0 Å². The first-order valence-electron chi connectivity index (χ1n) is 9.01. The predicted molar refractivity (Wildman–Crippen MR) is 115 cm³/mol. The molecule has 0 atom stereocenters. The Labute approximate surface area is 170 Å². The van der Waals surface area contributed by atoms with Gasteiger partial charge in [-0.05, 0) is 23.4 Å². The Bertz CT molecular complexity index is 1250. The number of nitro benzene ring substituents is 1. The van der Waals surface area contributed by atoms with E-state index in [-0.39, 0.29) is 12.1 Å². The number of hydrogen-bond donors (Lipinski definition) is 1. The quantitative estimate of drug-likeness (QED) is 0.273. The van der Waals surface area contributed by atoms with Crippen LogP contribution in [0.25, 0.3) is 21.8 Å². The molecule has 0 radical (unpaired) electrons. The van der Waals surface area contributed by atoms with Gasteiger partial charge in [-0.2, -0.15) is 0 Å². The molecule has 146 valence electrons. The number of non-ortho nitro benzene ring substituents is 1. The number of nitrogens with zero attached hydrogens (tertiary/aromatic N) is 2. The lowest BCUT2D eigenvalue weighted by atomic mass is 10.1. The van der Waals surface area contributed by atoms with Crippen LogP contribution >= 0.6 is 11.8 Å². The monoisotopic (exact) mass is 406 g/mol. The van der Waals surface area contributed by atoms with Gasteiger partial charge in [0.05, 0.1) is 16.9 Å². The summed E-state index contributed by atoms with van der Waals surface area (Å²) in [5, 5.41) is 22.4. The molecule has 0 bridgehead atoms. The van der Waals surface area contributed by atoms with Crippen LogP contribution in [0.3, 0.4) is 0 Å². The van der Waals surface area contributed by atoms with Gasteiger partial charge in [-0.15, -0.1) is 11.8 Å². The van der Waals surface area contributed by atoms with Crippen molar-refractivity contribution in [2.75, 3.05) is 6.26 Å². The summed E-state index contributed by atoms with van der Waals surface area (Å²) in [6.45, 7) is 0.534. The van der Waals surface area contributed by atoms with Gasteiger partial charge < -0.3 is 9.67 Å². The van der Waals surface area contributed by atoms with Gasteiger partial charge in [-0.25, -0.2) is 0 Å². The SMILES string of the molecule is CSc1c(CC(=O)O)ccc2c3ccccc3n(Cc3ccc([N+](=O)[O-])cc3)c12. The summed E-state index contributed by atoms with van der Waals surface area (Å²) < 4.78 is 2.17. The molecule has 0 fully saturated rings. The van der Waals surface area contributed by atoms with E-state index in [9.17, 15) is 20.0 Å². The summed E-state index contributed by atoms with van der Waals surface area (Å²) in [5.74, 6) is -0.863. The number of hydrogen-bond acceptors (Lipinski definition) is 4. The highest BCUT2D eigenvalue weighted by Gasteiger charge is 2.18. The number of para-hydroxylation sites is 1. The van der Waals surface area contributed by atoms with Crippen molar-refractivity contribution in [2.24, 2.45) is 0 Å². The smallest absolute Gasteiger partial charge is 0.307 e. The van der Waals surface area contributed by atoms with E-state index in [4.69, 9.17) is 0 Å². The number of aliphatic carboxylic acids is 1. The normalized spacial score (nSPS) is 11.2. The van der Waals surface area contributed by atoms with Crippen molar-refractivity contribution < 1.29 is 14.8 Å². The van der Waals surface area contributed by atoms with Gasteiger partial charge in [-0.3, -0.25) is 14.9 Å². The van der Waals surface area contributed by atoms with Gasteiger partial charge in [0.25, 0.3) is 5.69 Å². The highest BCUT2D eigenvalue weighted by Crippen LogP contribution is 2.37. The van der Waals surface area contributed by atoms with Crippen molar-refractivity contribution in [3.63, 3.8) is 0 Å². The van der Waals surface area contributed by atoms with E-state index in [0.29, 0.717) is 6.54 Å². The van der Waals surface area contributed by atoms with Crippen molar-refractivity contribution >= 4 is 45.2 Å². The highest BCUT2D eigenvalue weighted by molar-refractivity contribution is 7.98. The predicted octanol–water partition coefficient (Wildman–Crippen LogP) is 5.10. The topological polar surface area (TPSA) is 85.4 Å². The molecule has 7 heteroatoms. The van der Waals surface area contributed by atoms with E-state index < -0.39 is 10.9 Å². The molecule has 3 aromatic carbocycles. The summed E-state index contributed by atoms with van der Waals surface area (Å²) in [6, 6.07) is 18.5. The van der Waals surface area contributed by atoms with E-state index >= 15 is 0 Å². The van der Waals surface area contributed by atoms with E-state index in [1.54, 1.807) is 12.1 Å². The van der Waals surface area contributed by atoms with E-state index in [0.717, 1.165) is 37.8 Å². The molecule has 0 saturated heterocycles. The first-order chi connectivity index (χ1) is 14.0. The second-order valence-corrected chi connectivity index (χ2v) is 7.57. The summed E-state index contributed by atoms with van der Waals surface area (Å²) >= 11 is 1.54. The molecule has 0 aliphatic carbocycles. The zero-order valence-electron chi connectivity index (χ0n) is 15.7. The lowest BCUT2D eigenvalue weighted by Gasteiger charge is -2.13. The molecule has 4 rings (SSSR count). The van der Waals surface area contributed by atoms with Crippen LogP contribution in [0.5, 0.6) is 0 Å². The van der Waals surface area contributed by atoms with Gasteiger partial charge in [0, 0.05) is 39.9 Å². The maximum absolute atomic E-state index is 11.3. The van der Waals surface area contributed by atoms with Crippen molar-refractivity contribution in [2.45, 2.75) is 17.9 Å². The minimum absolute atomic E-state index is 0.0365. The molecule has 0 spiro atoms. The van der Waals surface area contributed by atoms with Crippen molar-refractivity contribution in [1.29, 1.82) is 0 Å². The molecular weight excluding hydrogens is 388 g/mol. The van der Waals surface area contributed by atoms with Crippen LogP contribution in [0, 0.1) is 10.1 Å². The lowest BCUT2D eigenvalue weighted by Crippen LogP contribution is -2.04. The fraction of sp³-hybridized carbons (Fsp3) is 0.136. The Balaban J connectivity index is 1.94. The number of fused-ring (bicyclic) bond motifs is 3. The Kier molecular flexibility index (Phi) is 4.98. The molecule has 4 aromatic rings. The van der Waals surface area contributed by atoms with Crippen LogP contribution in [0.2, 0.25) is 0 Å². The van der Waals surface area contributed by atoms with Gasteiger partial charge in [0.1, 0.15) is 0 Å². The molecule has 1 N–H and O–H groups in total. The summed E-state index contributed by atoms with van der Waals surface area (Å²) in [5.41, 5.74) is 3.82. The first-order valence-corrected chi connectivity index (χ1v) is 10.2. The number of thioether (sulfide) groups is 1. The van der Waals surface area contributed by atoms with Gasteiger partial charge in [-0.1, -0.05) is 42.5 Å². The average Bonchev–Trinajstić information content (AvgIpc) is 3.02. The molecule has 0 saturated carbocycles. The van der Waals surface area contributed by atoms with Crippen LogP contribution in [0.4, 0.5) is 5.69 Å². The fourth-order valence-corrected chi connectivity index (χ4v) is 4.57. The molecule has 1 heterocycles. The third-order valence-corrected chi connectivity index (χ3v) is 5.87. The fourth-order valence-electron chi connectivity index (χ4n) is 3.76. The molecule has 0 unspecified atom stereocenters. The van der Waals surface area contributed by atoms with Crippen molar-refractivity contribution in [3.05, 3.63) is 81.9 Å². The minimum atomic E-state index is -0.863. The number of carboxylic acids is 1. The first kappa shape index (κ1) is 19.0. The number of carboxylic acid groups (broad SMARTS) is 1. The molecular formula is C22H18N2O4S. The standard InChI is InChI=1S/C22H18N2O4S/c1-29-22-15(12-20(25)26)8-11-18-17-4-2-3-5-19(17)23(21(18)22)13-14-6-9-16(10-7-14)24(27)28/h2-11H,12-13H2,1H3,(H,25,26). The second-order valence-electron chi connectivity index (χ2n) is 6.75. The Hall–Kier alpha value is -3.32. The second kappa shape index (κ2) is 7.60. The van der Waals surface area contributed by atoms with Crippen LogP contribution < -0.4 is 0 Å². The van der Waals surface area contributed by atoms with Gasteiger partial charge in [0.15, 0.2) is 0 Å². The maximum Gasteiger partial charge on any atom is 0.307 e. The third kappa shape index (κ3) is 3.45. The van der Waals surface area contributed by atoms with Crippen LogP contribution in [-0.2, 0) is 17.8 Å². The molecule has 1 aromatic heterocycles. The van der Waals surface area contributed by atoms with E-state index in [1.165, 1.54) is 23.9 Å². The highest BCUT2D eigenvalue weighted by atomic mass is 32.2. The molecule has 0 aliphatic heterocycles. The average molecular weight is 406 g/mol. The molecule has 0 aliphatic rings. The summed E-state index contributed by atoms with van der Waals surface area (Å²) in [7, 11) is 0. The summed E-state index contributed by atoms with van der Waals surface area (Å²) in [6.07, 6.45) is 1.92. The number of aromatic nitrogens is 1. The minimum Gasteiger partial charge on any atom is -0.481 e.